The van der Waals surface area contributed by atoms with Crippen molar-refractivity contribution >= 4 is 0 Å². The molecule has 0 bridgehead atoms. The molecular formula is C11H15NO4. The van der Waals surface area contributed by atoms with Gasteiger partial charge in [-0.1, -0.05) is 0 Å². The summed E-state index contributed by atoms with van der Waals surface area (Å²) >= 11 is 0. The Morgan fingerprint density at radius 1 is 1.56 bits per heavy atom. The van der Waals surface area contributed by atoms with Crippen molar-refractivity contribution in [2.45, 2.75) is 31.7 Å². The van der Waals surface area contributed by atoms with E-state index in [2.05, 4.69) is 4.98 Å². The third kappa shape index (κ3) is 2.02. The quantitative estimate of drug-likeness (QED) is 0.654. The molecule has 0 aliphatic carbocycles. The molecule has 2 rings (SSSR count). The summed E-state index contributed by atoms with van der Waals surface area (Å²) in [6.07, 6.45) is -1.00. The van der Waals surface area contributed by atoms with Crippen LogP contribution in [-0.4, -0.2) is 34.0 Å². The average molecular weight is 225 g/mol. The van der Waals surface area contributed by atoms with Crippen LogP contribution in [0.5, 0.6) is 0 Å². The number of aliphatic hydroxyl groups excluding tert-OH is 2. The molecule has 16 heavy (non-hydrogen) atoms. The second kappa shape index (κ2) is 4.37. The SMILES string of the molecule is Cc1[nH]c(=O)ccc1C1CC(O)C(CO)O1. The molecule has 5 heteroatoms. The highest BCUT2D eigenvalue weighted by Gasteiger charge is 2.34. The summed E-state index contributed by atoms with van der Waals surface area (Å²) in [6.45, 7) is 1.60. The first-order chi connectivity index (χ1) is 7.61. The van der Waals surface area contributed by atoms with Crippen LogP contribution in [0.1, 0.15) is 23.8 Å². The Morgan fingerprint density at radius 3 is 2.88 bits per heavy atom. The van der Waals surface area contributed by atoms with Crippen LogP contribution in [0.2, 0.25) is 0 Å². The van der Waals surface area contributed by atoms with Crippen LogP contribution in [0.25, 0.3) is 0 Å². The first-order valence-electron chi connectivity index (χ1n) is 5.26. The van der Waals surface area contributed by atoms with Gasteiger partial charge in [0.15, 0.2) is 0 Å². The van der Waals surface area contributed by atoms with Crippen molar-refractivity contribution in [3.63, 3.8) is 0 Å². The van der Waals surface area contributed by atoms with Gasteiger partial charge >= 0.3 is 0 Å². The predicted molar refractivity (Wildman–Crippen MR) is 57.1 cm³/mol. The number of H-pyrrole nitrogens is 1. The number of nitrogens with one attached hydrogen (secondary N) is 1. The highest BCUT2D eigenvalue weighted by molar-refractivity contribution is 5.22. The van der Waals surface area contributed by atoms with Crippen LogP contribution in [0.15, 0.2) is 16.9 Å². The molecule has 1 aliphatic rings. The minimum Gasteiger partial charge on any atom is -0.394 e. The summed E-state index contributed by atoms with van der Waals surface area (Å²) in [5, 5.41) is 18.6. The van der Waals surface area contributed by atoms with Gasteiger partial charge < -0.3 is 19.9 Å². The Labute approximate surface area is 92.7 Å². The Hall–Kier alpha value is -1.17. The average Bonchev–Trinajstić information content (AvgIpc) is 2.59. The smallest absolute Gasteiger partial charge is 0.248 e. The van der Waals surface area contributed by atoms with Gasteiger partial charge in [-0.3, -0.25) is 4.79 Å². The molecule has 0 saturated carbocycles. The molecular weight excluding hydrogens is 210 g/mol. The summed E-state index contributed by atoms with van der Waals surface area (Å²) in [4.78, 5) is 13.7. The van der Waals surface area contributed by atoms with E-state index >= 15 is 0 Å². The molecule has 3 N–H and O–H groups in total. The van der Waals surface area contributed by atoms with Crippen molar-refractivity contribution in [2.24, 2.45) is 0 Å². The maximum absolute atomic E-state index is 11.1. The van der Waals surface area contributed by atoms with Gasteiger partial charge in [-0.05, 0) is 13.0 Å². The second-order valence-electron chi connectivity index (χ2n) is 4.05. The lowest BCUT2D eigenvalue weighted by molar-refractivity contribution is -0.0228. The minimum absolute atomic E-state index is 0.154. The molecule has 0 spiro atoms. The second-order valence-corrected chi connectivity index (χ2v) is 4.05. The van der Waals surface area contributed by atoms with Crippen LogP contribution in [0, 0.1) is 6.92 Å². The highest BCUT2D eigenvalue weighted by Crippen LogP contribution is 2.33. The summed E-state index contributed by atoms with van der Waals surface area (Å²) in [6, 6.07) is 3.13. The first kappa shape index (κ1) is 11.3. The number of aryl methyl sites for hydroxylation is 1. The van der Waals surface area contributed by atoms with E-state index < -0.39 is 12.2 Å². The van der Waals surface area contributed by atoms with Crippen molar-refractivity contribution in [1.82, 2.24) is 4.98 Å². The molecule has 0 aromatic carbocycles. The number of hydrogen-bond acceptors (Lipinski definition) is 4. The fraction of sp³-hybridized carbons (Fsp3) is 0.545. The number of rotatable bonds is 2. The first-order valence-corrected chi connectivity index (χ1v) is 5.26. The zero-order valence-electron chi connectivity index (χ0n) is 9.01. The summed E-state index contributed by atoms with van der Waals surface area (Å²) < 4.78 is 5.51. The van der Waals surface area contributed by atoms with E-state index in [0.29, 0.717) is 6.42 Å². The lowest BCUT2D eigenvalue weighted by Crippen LogP contribution is -2.24. The number of hydrogen-bond donors (Lipinski definition) is 3. The van der Waals surface area contributed by atoms with Gasteiger partial charge in [0.25, 0.3) is 0 Å². The van der Waals surface area contributed by atoms with Gasteiger partial charge in [0.2, 0.25) is 5.56 Å². The van der Waals surface area contributed by atoms with Crippen molar-refractivity contribution < 1.29 is 14.9 Å². The number of aliphatic hydroxyl groups is 2. The summed E-state index contributed by atoms with van der Waals surface area (Å²) in [5.41, 5.74) is 1.44. The van der Waals surface area contributed by atoms with Gasteiger partial charge in [-0.25, -0.2) is 0 Å². The van der Waals surface area contributed by atoms with E-state index in [0.717, 1.165) is 11.3 Å². The van der Waals surface area contributed by atoms with Crippen molar-refractivity contribution in [3.05, 3.63) is 33.7 Å². The van der Waals surface area contributed by atoms with E-state index in [1.54, 1.807) is 13.0 Å². The minimum atomic E-state index is -0.652. The van der Waals surface area contributed by atoms with Crippen molar-refractivity contribution in [1.29, 1.82) is 0 Å². The number of ether oxygens (including phenoxy) is 1. The Bertz CT molecular complexity index is 428. The lowest BCUT2D eigenvalue weighted by Gasteiger charge is -2.13. The van der Waals surface area contributed by atoms with Crippen LogP contribution < -0.4 is 5.56 Å². The molecule has 3 unspecified atom stereocenters. The molecule has 2 heterocycles. The fourth-order valence-electron chi connectivity index (χ4n) is 2.03. The maximum atomic E-state index is 11.1. The van der Waals surface area contributed by atoms with Crippen LogP contribution in [0.3, 0.4) is 0 Å². The molecule has 1 aliphatic heterocycles. The van der Waals surface area contributed by atoms with Gasteiger partial charge in [0.05, 0.1) is 18.8 Å². The van der Waals surface area contributed by atoms with E-state index in [1.165, 1.54) is 6.07 Å². The third-order valence-electron chi connectivity index (χ3n) is 2.91. The van der Waals surface area contributed by atoms with Gasteiger partial charge in [0.1, 0.15) is 6.10 Å². The van der Waals surface area contributed by atoms with Crippen molar-refractivity contribution in [2.75, 3.05) is 6.61 Å². The molecule has 1 saturated heterocycles. The monoisotopic (exact) mass is 225 g/mol. The zero-order valence-corrected chi connectivity index (χ0v) is 9.01. The molecule has 3 atom stereocenters. The Morgan fingerprint density at radius 2 is 2.31 bits per heavy atom. The van der Waals surface area contributed by atoms with Gasteiger partial charge in [-0.2, -0.15) is 0 Å². The van der Waals surface area contributed by atoms with Crippen molar-refractivity contribution in [3.8, 4) is 0 Å². The summed E-state index contributed by atoms with van der Waals surface area (Å²) in [7, 11) is 0. The molecule has 0 radical (unpaired) electrons. The van der Waals surface area contributed by atoms with Gasteiger partial charge in [0, 0.05) is 23.7 Å². The van der Waals surface area contributed by atoms with E-state index in [4.69, 9.17) is 9.84 Å². The zero-order chi connectivity index (χ0) is 11.7. The van der Waals surface area contributed by atoms with Crippen LogP contribution in [0.4, 0.5) is 0 Å². The Kier molecular flexibility index (Phi) is 3.09. The molecule has 1 fully saturated rings. The van der Waals surface area contributed by atoms with Crippen LogP contribution >= 0.6 is 0 Å². The van der Waals surface area contributed by atoms with Crippen LogP contribution in [-0.2, 0) is 4.74 Å². The van der Waals surface area contributed by atoms with E-state index in [-0.39, 0.29) is 18.3 Å². The fourth-order valence-corrected chi connectivity index (χ4v) is 2.03. The molecule has 1 aromatic heterocycles. The largest absolute Gasteiger partial charge is 0.394 e. The predicted octanol–water partition coefficient (Wildman–Crippen LogP) is -0.133. The third-order valence-corrected chi connectivity index (χ3v) is 2.91. The standard InChI is InChI=1S/C11H15NO4/c1-6-7(2-3-11(15)12-6)9-4-8(14)10(5-13)16-9/h2-3,8-10,13-14H,4-5H2,1H3,(H,12,15). The molecule has 1 aromatic rings. The topological polar surface area (TPSA) is 82.6 Å². The number of pyridine rings is 1. The highest BCUT2D eigenvalue weighted by atomic mass is 16.5. The summed E-state index contributed by atoms with van der Waals surface area (Å²) in [5.74, 6) is 0. The molecule has 0 amide bonds. The van der Waals surface area contributed by atoms with E-state index in [9.17, 15) is 9.90 Å². The maximum Gasteiger partial charge on any atom is 0.248 e. The number of aromatic amines is 1. The molecule has 88 valence electrons. The lowest BCUT2D eigenvalue weighted by atomic mass is 10.0. The number of aromatic nitrogens is 1. The van der Waals surface area contributed by atoms with E-state index in [1.807, 2.05) is 0 Å². The normalized spacial score (nSPS) is 29.6. The van der Waals surface area contributed by atoms with Gasteiger partial charge in [-0.15, -0.1) is 0 Å². The molecule has 5 nitrogen and oxygen atoms in total. The Balaban J connectivity index is 2.23.